The highest BCUT2D eigenvalue weighted by molar-refractivity contribution is 8.00. The summed E-state index contributed by atoms with van der Waals surface area (Å²) in [6, 6.07) is 12.5. The van der Waals surface area contributed by atoms with Gasteiger partial charge in [0, 0.05) is 24.0 Å². The molecule has 3 N–H and O–H groups in total. The first kappa shape index (κ1) is 23.2. The van der Waals surface area contributed by atoms with Crippen LogP contribution in [0.15, 0.2) is 54.7 Å². The summed E-state index contributed by atoms with van der Waals surface area (Å²) in [6.07, 6.45) is 3.24. The predicted molar refractivity (Wildman–Crippen MR) is 130 cm³/mol. The third kappa shape index (κ3) is 5.03. The van der Waals surface area contributed by atoms with E-state index < -0.39 is 6.10 Å². The van der Waals surface area contributed by atoms with Gasteiger partial charge in [-0.25, -0.2) is 5.43 Å². The normalized spacial score (nSPS) is 16.2. The number of aromatic nitrogens is 3. The molecule has 2 unspecified atom stereocenters. The summed E-state index contributed by atoms with van der Waals surface area (Å²) in [7, 11) is 5.12. The van der Waals surface area contributed by atoms with E-state index in [1.807, 2.05) is 59.2 Å². The molecule has 11 heteroatoms. The van der Waals surface area contributed by atoms with Crippen molar-refractivity contribution in [3.05, 3.63) is 71.2 Å². The molecule has 0 fully saturated rings. The number of hydrogen-bond acceptors (Lipinski definition) is 9. The largest absolute Gasteiger partial charge is 0.494 e. The molecule has 174 valence electrons. The van der Waals surface area contributed by atoms with E-state index in [1.165, 1.54) is 11.9 Å². The van der Waals surface area contributed by atoms with Crippen molar-refractivity contribution in [3.8, 4) is 17.2 Å². The zero-order valence-electron chi connectivity index (χ0n) is 18.4. The van der Waals surface area contributed by atoms with Gasteiger partial charge in [0.1, 0.15) is 23.2 Å². The lowest BCUT2D eigenvalue weighted by Crippen LogP contribution is -2.28. The number of methoxy groups -OCH3 is 2. The van der Waals surface area contributed by atoms with Gasteiger partial charge in [-0.15, -0.1) is 10.2 Å². The van der Waals surface area contributed by atoms with Crippen molar-refractivity contribution in [1.82, 2.24) is 25.2 Å². The number of anilines is 1. The molecule has 2 heterocycles. The summed E-state index contributed by atoms with van der Waals surface area (Å²) in [5.74, 6) is 2.74. The molecule has 9 nitrogen and oxygen atoms in total. The van der Waals surface area contributed by atoms with Crippen LogP contribution >= 0.6 is 23.5 Å². The maximum atomic E-state index is 10.5. The summed E-state index contributed by atoms with van der Waals surface area (Å²) < 4.78 is 16.3. The van der Waals surface area contributed by atoms with Crippen LogP contribution in [0, 0.1) is 0 Å². The van der Waals surface area contributed by atoms with Gasteiger partial charge in [0.2, 0.25) is 5.95 Å². The molecule has 2 atom stereocenters. The van der Waals surface area contributed by atoms with Gasteiger partial charge >= 0.3 is 0 Å². The van der Waals surface area contributed by atoms with Gasteiger partial charge in [0.15, 0.2) is 5.82 Å². The molecule has 1 aliphatic heterocycles. The molecule has 0 saturated heterocycles. The number of aliphatic hydroxyl groups excluding tert-OH is 1. The number of benzene rings is 2. The molecule has 1 aromatic heterocycles. The van der Waals surface area contributed by atoms with Crippen LogP contribution in [0.5, 0.6) is 11.5 Å². The van der Waals surface area contributed by atoms with E-state index >= 15 is 0 Å². The fourth-order valence-corrected chi connectivity index (χ4v) is 4.29. The SMILES string of the molecule is COc1cccc(OC)c1-n1c(NSCC(O)c2ccc(Cl)cc2)nnc1C1C=CN(C)N1. The Kier molecular flexibility index (Phi) is 7.29. The molecule has 0 spiro atoms. The van der Waals surface area contributed by atoms with Crippen molar-refractivity contribution >= 4 is 29.5 Å². The van der Waals surface area contributed by atoms with E-state index in [4.69, 9.17) is 21.1 Å². The van der Waals surface area contributed by atoms with Crippen LogP contribution in [0.25, 0.3) is 5.69 Å². The second kappa shape index (κ2) is 10.3. The quantitative estimate of drug-likeness (QED) is 0.389. The molecule has 4 rings (SSSR count). The summed E-state index contributed by atoms with van der Waals surface area (Å²) in [4.78, 5) is 0. The standard InChI is InChI=1S/C22H25ClN6O3S/c1-28-12-11-16(26-28)21-24-25-22(27-33-13-17(30)14-7-9-15(23)10-8-14)29(21)20-18(31-2)5-4-6-19(20)32-3/h4-12,16-17,26,30H,13H2,1-3H3,(H,25,27). The topological polar surface area (TPSA) is 96.7 Å². The maximum Gasteiger partial charge on any atom is 0.239 e. The molecule has 0 bridgehead atoms. The number of halogens is 1. The minimum Gasteiger partial charge on any atom is -0.494 e. The number of nitrogens with one attached hydrogen (secondary N) is 2. The Morgan fingerprint density at radius 3 is 2.45 bits per heavy atom. The Morgan fingerprint density at radius 2 is 1.85 bits per heavy atom. The highest BCUT2D eigenvalue weighted by Crippen LogP contribution is 2.37. The van der Waals surface area contributed by atoms with Gasteiger partial charge < -0.3 is 19.6 Å². The smallest absolute Gasteiger partial charge is 0.239 e. The Hall–Kier alpha value is -2.92. The molecule has 33 heavy (non-hydrogen) atoms. The number of aliphatic hydroxyl groups is 1. The van der Waals surface area contributed by atoms with Crippen LogP contribution < -0.4 is 19.6 Å². The molecule has 1 aliphatic rings. The van der Waals surface area contributed by atoms with Crippen LogP contribution in [0.3, 0.4) is 0 Å². The van der Waals surface area contributed by atoms with Crippen molar-refractivity contribution in [2.75, 3.05) is 31.7 Å². The lowest BCUT2D eigenvalue weighted by Gasteiger charge is -2.20. The molecule has 0 radical (unpaired) electrons. The van der Waals surface area contributed by atoms with Crippen LogP contribution in [0.2, 0.25) is 5.02 Å². The number of hydrogen-bond donors (Lipinski definition) is 3. The molecular weight excluding hydrogens is 464 g/mol. The Bertz CT molecular complexity index is 1100. The lowest BCUT2D eigenvalue weighted by atomic mass is 10.1. The molecule has 2 aromatic carbocycles. The minimum absolute atomic E-state index is 0.197. The van der Waals surface area contributed by atoms with Gasteiger partial charge in [0.25, 0.3) is 0 Å². The summed E-state index contributed by atoms with van der Waals surface area (Å²) in [5.41, 5.74) is 4.76. The number of hydrazine groups is 1. The van der Waals surface area contributed by atoms with Crippen LogP contribution in [-0.2, 0) is 0 Å². The Morgan fingerprint density at radius 1 is 1.15 bits per heavy atom. The Labute approximate surface area is 201 Å². The second-order valence-electron chi connectivity index (χ2n) is 7.27. The van der Waals surface area contributed by atoms with Gasteiger partial charge in [-0.1, -0.05) is 29.8 Å². The third-order valence-electron chi connectivity index (χ3n) is 5.10. The van der Waals surface area contributed by atoms with Crippen molar-refractivity contribution < 1.29 is 14.6 Å². The second-order valence-corrected chi connectivity index (χ2v) is 8.53. The first-order valence-corrected chi connectivity index (χ1v) is 11.5. The van der Waals surface area contributed by atoms with Crippen molar-refractivity contribution in [1.29, 1.82) is 0 Å². The van der Waals surface area contributed by atoms with E-state index in [0.717, 1.165) is 5.56 Å². The summed E-state index contributed by atoms with van der Waals surface area (Å²) in [6.45, 7) is 0. The third-order valence-corrected chi connectivity index (χ3v) is 6.16. The predicted octanol–water partition coefficient (Wildman–Crippen LogP) is 3.74. The summed E-state index contributed by atoms with van der Waals surface area (Å²) in [5, 5.41) is 21.8. The van der Waals surface area contributed by atoms with Crippen molar-refractivity contribution in [2.24, 2.45) is 0 Å². The highest BCUT2D eigenvalue weighted by atomic mass is 35.5. The van der Waals surface area contributed by atoms with Gasteiger partial charge in [-0.2, -0.15) is 0 Å². The lowest BCUT2D eigenvalue weighted by molar-refractivity contribution is 0.204. The van der Waals surface area contributed by atoms with Crippen LogP contribution in [0.1, 0.15) is 23.5 Å². The van der Waals surface area contributed by atoms with Crippen LogP contribution in [0.4, 0.5) is 5.95 Å². The first-order chi connectivity index (χ1) is 16.0. The summed E-state index contributed by atoms with van der Waals surface area (Å²) >= 11 is 7.26. The van der Waals surface area contributed by atoms with E-state index in [2.05, 4.69) is 20.3 Å². The first-order valence-electron chi connectivity index (χ1n) is 10.2. The highest BCUT2D eigenvalue weighted by Gasteiger charge is 2.27. The zero-order chi connectivity index (χ0) is 23.4. The molecule has 0 aliphatic carbocycles. The number of ether oxygens (including phenoxy) is 2. The number of nitrogens with zero attached hydrogens (tertiary/aromatic N) is 4. The number of para-hydroxylation sites is 1. The van der Waals surface area contributed by atoms with Crippen molar-refractivity contribution in [2.45, 2.75) is 12.1 Å². The van der Waals surface area contributed by atoms with Crippen molar-refractivity contribution in [3.63, 3.8) is 0 Å². The van der Waals surface area contributed by atoms with Gasteiger partial charge in [0.05, 0.1) is 20.3 Å². The molecular formula is C22H25ClN6O3S. The average molecular weight is 489 g/mol. The molecule has 0 amide bonds. The van der Waals surface area contributed by atoms with Gasteiger partial charge in [-0.05, 0) is 47.9 Å². The minimum atomic E-state index is -0.676. The Balaban J connectivity index is 1.63. The van der Waals surface area contributed by atoms with E-state index in [9.17, 15) is 5.11 Å². The average Bonchev–Trinajstić information content (AvgIpc) is 3.44. The number of rotatable bonds is 9. The van der Waals surface area contributed by atoms with Gasteiger partial charge in [-0.3, -0.25) is 9.29 Å². The monoisotopic (exact) mass is 488 g/mol. The van der Waals surface area contributed by atoms with E-state index in [-0.39, 0.29) is 6.04 Å². The molecule has 0 saturated carbocycles. The maximum absolute atomic E-state index is 10.5. The van der Waals surface area contributed by atoms with E-state index in [1.54, 1.807) is 26.4 Å². The van der Waals surface area contributed by atoms with E-state index in [0.29, 0.717) is 39.7 Å². The fraction of sp³-hybridized carbons (Fsp3) is 0.273. The fourth-order valence-electron chi connectivity index (χ4n) is 3.47. The van der Waals surface area contributed by atoms with Crippen LogP contribution in [-0.4, -0.2) is 51.9 Å². The molecule has 3 aromatic rings. The zero-order valence-corrected chi connectivity index (χ0v) is 20.0.